The number of hydrogen-bond acceptors (Lipinski definition) is 3. The number of aryl methyl sites for hydroxylation is 2. The van der Waals surface area contributed by atoms with Gasteiger partial charge in [-0.2, -0.15) is 0 Å². The maximum atomic E-state index is 10.7. The van der Waals surface area contributed by atoms with E-state index < -0.39 is 0 Å². The van der Waals surface area contributed by atoms with Crippen LogP contribution in [-0.2, 0) is 17.6 Å². The van der Waals surface area contributed by atoms with Crippen LogP contribution < -0.4 is 15.2 Å². The van der Waals surface area contributed by atoms with Crippen LogP contribution in [0.25, 0.3) is 10.8 Å². The molecule has 2 aliphatic rings. The second kappa shape index (κ2) is 9.19. The molecule has 1 amide bonds. The molecule has 0 aromatic heterocycles. The lowest BCUT2D eigenvalue weighted by atomic mass is 9.74. The molecule has 0 bridgehead atoms. The van der Waals surface area contributed by atoms with Crippen LogP contribution in [0.15, 0.2) is 54.6 Å². The predicted octanol–water partition coefficient (Wildman–Crippen LogP) is 5.85. The van der Waals surface area contributed by atoms with Gasteiger partial charge in [0.15, 0.2) is 0 Å². The van der Waals surface area contributed by atoms with Gasteiger partial charge in [0.2, 0.25) is 5.91 Å². The van der Waals surface area contributed by atoms with Gasteiger partial charge in [-0.05, 0) is 90.8 Å². The number of carbonyl (C=O) groups excluding carboxylic acids is 1. The Morgan fingerprint density at radius 2 is 1.84 bits per heavy atom. The number of amides is 1. The van der Waals surface area contributed by atoms with Gasteiger partial charge in [-0.25, -0.2) is 0 Å². The molecule has 0 atom stereocenters. The van der Waals surface area contributed by atoms with Crippen LogP contribution in [0.1, 0.15) is 43.2 Å². The molecule has 1 fully saturated rings. The van der Waals surface area contributed by atoms with Gasteiger partial charge in [0.25, 0.3) is 0 Å². The molecule has 1 heterocycles. The highest BCUT2D eigenvalue weighted by Crippen LogP contribution is 2.45. The molecule has 162 valence electrons. The minimum atomic E-state index is -0.264. The monoisotopic (exact) mass is 437 g/mol. The number of primary amides is 1. The summed E-state index contributed by atoms with van der Waals surface area (Å²) in [5.74, 6) is 1.64. The van der Waals surface area contributed by atoms with Crippen molar-refractivity contribution in [3.8, 4) is 11.5 Å². The SMILES string of the molecule is COc1ccc2cc(CCC(N)=O)ccc2c1.Clc1ccc2c(c1)CCC1(CCC1)O2. The van der Waals surface area contributed by atoms with Gasteiger partial charge in [0, 0.05) is 11.4 Å². The molecule has 1 saturated carbocycles. The standard InChI is InChI=1S/C14H15NO2.C12H13ClO/c1-17-13-6-5-11-8-10(3-7-14(15)16)2-4-12(11)9-13;13-10-2-3-11-9(8-10)4-7-12(14-11)5-1-6-12/h2,4-6,8-9H,3,7H2,1H3,(H2,15,16);2-3,8H,1,4-7H2. The summed E-state index contributed by atoms with van der Waals surface area (Å²) in [6, 6.07) is 18.0. The Labute approximate surface area is 188 Å². The molecular formula is C26H28ClNO3. The summed E-state index contributed by atoms with van der Waals surface area (Å²) in [4.78, 5) is 10.7. The van der Waals surface area contributed by atoms with Gasteiger partial charge in [-0.1, -0.05) is 35.9 Å². The first kappa shape index (κ1) is 21.5. The minimum absolute atomic E-state index is 0.195. The van der Waals surface area contributed by atoms with Crippen molar-refractivity contribution in [1.29, 1.82) is 0 Å². The van der Waals surface area contributed by atoms with Crippen molar-refractivity contribution in [3.05, 3.63) is 70.7 Å². The molecule has 3 aromatic rings. The van der Waals surface area contributed by atoms with Crippen LogP contribution in [0.3, 0.4) is 0 Å². The Balaban J connectivity index is 0.000000151. The lowest BCUT2D eigenvalue weighted by Crippen LogP contribution is -2.45. The van der Waals surface area contributed by atoms with Crippen LogP contribution in [0.4, 0.5) is 0 Å². The second-order valence-electron chi connectivity index (χ2n) is 8.40. The largest absolute Gasteiger partial charge is 0.497 e. The number of benzene rings is 3. The van der Waals surface area contributed by atoms with Gasteiger partial charge in [-0.3, -0.25) is 4.79 Å². The van der Waals surface area contributed by atoms with Crippen LogP contribution in [0, 0.1) is 0 Å². The van der Waals surface area contributed by atoms with Crippen LogP contribution in [0.5, 0.6) is 11.5 Å². The number of hydrogen-bond donors (Lipinski definition) is 1. The third kappa shape index (κ3) is 5.13. The first-order chi connectivity index (χ1) is 15.0. The Morgan fingerprint density at radius 3 is 2.55 bits per heavy atom. The minimum Gasteiger partial charge on any atom is -0.497 e. The highest BCUT2D eigenvalue weighted by Gasteiger charge is 2.41. The molecule has 1 aliphatic carbocycles. The summed E-state index contributed by atoms with van der Waals surface area (Å²) in [6.07, 6.45) is 7.16. The third-order valence-electron chi connectivity index (χ3n) is 6.24. The number of methoxy groups -OCH3 is 1. The fourth-order valence-electron chi connectivity index (χ4n) is 4.24. The molecule has 1 aliphatic heterocycles. The maximum absolute atomic E-state index is 10.7. The van der Waals surface area contributed by atoms with Crippen LogP contribution in [-0.4, -0.2) is 18.6 Å². The van der Waals surface area contributed by atoms with E-state index in [0.717, 1.165) is 39.3 Å². The zero-order valence-corrected chi connectivity index (χ0v) is 18.6. The zero-order valence-electron chi connectivity index (χ0n) is 17.8. The zero-order chi connectivity index (χ0) is 21.8. The normalized spacial score (nSPS) is 15.8. The summed E-state index contributed by atoms with van der Waals surface area (Å²) in [7, 11) is 1.66. The number of rotatable bonds is 4. The number of nitrogens with two attached hydrogens (primary N) is 1. The smallest absolute Gasteiger partial charge is 0.217 e. The van der Waals surface area contributed by atoms with Crippen molar-refractivity contribution >= 4 is 28.3 Å². The Kier molecular flexibility index (Phi) is 6.38. The molecule has 0 saturated heterocycles. The van der Waals surface area contributed by atoms with Gasteiger partial charge in [-0.15, -0.1) is 0 Å². The van der Waals surface area contributed by atoms with Crippen molar-refractivity contribution in [2.24, 2.45) is 5.73 Å². The number of halogens is 1. The Hall–Kier alpha value is -2.72. The van der Waals surface area contributed by atoms with E-state index in [4.69, 9.17) is 26.8 Å². The van der Waals surface area contributed by atoms with E-state index in [1.807, 2.05) is 48.5 Å². The molecule has 1 spiro atoms. The van der Waals surface area contributed by atoms with Crippen molar-refractivity contribution in [3.63, 3.8) is 0 Å². The highest BCUT2D eigenvalue weighted by atomic mass is 35.5. The Bertz CT molecular complexity index is 1090. The summed E-state index contributed by atoms with van der Waals surface area (Å²) < 4.78 is 11.2. The highest BCUT2D eigenvalue weighted by molar-refractivity contribution is 6.30. The quantitative estimate of drug-likeness (QED) is 0.556. The third-order valence-corrected chi connectivity index (χ3v) is 6.47. The predicted molar refractivity (Wildman–Crippen MR) is 125 cm³/mol. The van der Waals surface area contributed by atoms with Gasteiger partial charge < -0.3 is 15.2 Å². The molecule has 0 radical (unpaired) electrons. The molecule has 3 aromatic carbocycles. The summed E-state index contributed by atoms with van der Waals surface area (Å²) in [5, 5.41) is 3.09. The number of fused-ring (bicyclic) bond motifs is 2. The number of ether oxygens (including phenoxy) is 2. The fraction of sp³-hybridized carbons (Fsp3) is 0.346. The van der Waals surface area contributed by atoms with Crippen molar-refractivity contribution in [2.75, 3.05) is 7.11 Å². The number of carbonyl (C=O) groups is 1. The molecule has 4 nitrogen and oxygen atoms in total. The van der Waals surface area contributed by atoms with Crippen molar-refractivity contribution < 1.29 is 14.3 Å². The van der Waals surface area contributed by atoms with Crippen LogP contribution >= 0.6 is 11.6 Å². The maximum Gasteiger partial charge on any atom is 0.217 e. The van der Waals surface area contributed by atoms with Gasteiger partial charge >= 0.3 is 0 Å². The van der Waals surface area contributed by atoms with E-state index in [2.05, 4.69) is 6.07 Å². The van der Waals surface area contributed by atoms with E-state index in [-0.39, 0.29) is 11.5 Å². The Morgan fingerprint density at radius 1 is 1.06 bits per heavy atom. The lowest BCUT2D eigenvalue weighted by molar-refractivity contribution is -0.117. The lowest BCUT2D eigenvalue weighted by Gasteiger charge is -2.45. The first-order valence-corrected chi connectivity index (χ1v) is 11.2. The van der Waals surface area contributed by atoms with E-state index in [9.17, 15) is 4.79 Å². The summed E-state index contributed by atoms with van der Waals surface area (Å²) in [5.41, 5.74) is 7.73. The molecule has 5 heteroatoms. The van der Waals surface area contributed by atoms with E-state index in [0.29, 0.717) is 12.8 Å². The second-order valence-corrected chi connectivity index (χ2v) is 8.84. The molecule has 31 heavy (non-hydrogen) atoms. The average molecular weight is 438 g/mol. The van der Waals surface area contributed by atoms with Gasteiger partial charge in [0.1, 0.15) is 17.1 Å². The molecule has 0 unspecified atom stereocenters. The van der Waals surface area contributed by atoms with Gasteiger partial charge in [0.05, 0.1) is 7.11 Å². The van der Waals surface area contributed by atoms with E-state index in [1.54, 1.807) is 7.11 Å². The molecular weight excluding hydrogens is 410 g/mol. The topological polar surface area (TPSA) is 61.5 Å². The van der Waals surface area contributed by atoms with E-state index in [1.165, 1.54) is 31.2 Å². The average Bonchev–Trinajstić information content (AvgIpc) is 2.76. The summed E-state index contributed by atoms with van der Waals surface area (Å²) in [6.45, 7) is 0. The first-order valence-electron chi connectivity index (χ1n) is 10.8. The van der Waals surface area contributed by atoms with Crippen molar-refractivity contribution in [2.45, 2.75) is 50.5 Å². The molecule has 2 N–H and O–H groups in total. The summed E-state index contributed by atoms with van der Waals surface area (Å²) >= 11 is 5.94. The van der Waals surface area contributed by atoms with Crippen molar-refractivity contribution in [1.82, 2.24) is 0 Å². The molecule has 5 rings (SSSR count). The van der Waals surface area contributed by atoms with Crippen LogP contribution in [0.2, 0.25) is 5.02 Å². The fourth-order valence-corrected chi connectivity index (χ4v) is 4.43. The van der Waals surface area contributed by atoms with E-state index >= 15 is 0 Å².